The highest BCUT2D eigenvalue weighted by molar-refractivity contribution is 6.30. The third kappa shape index (κ3) is 4.53. The monoisotopic (exact) mass is 310 g/mol. The second-order valence-electron chi connectivity index (χ2n) is 5.58. The van der Waals surface area contributed by atoms with E-state index in [1.54, 1.807) is 13.2 Å². The number of likely N-dealkylation sites (tertiary alicyclic amines) is 1. The van der Waals surface area contributed by atoms with Crippen LogP contribution in [0.4, 0.5) is 5.69 Å². The van der Waals surface area contributed by atoms with Crippen molar-refractivity contribution in [1.29, 1.82) is 0 Å². The number of methoxy groups -OCH3 is 1. The highest BCUT2D eigenvalue weighted by Crippen LogP contribution is 2.27. The Morgan fingerprint density at radius 3 is 2.81 bits per heavy atom. The van der Waals surface area contributed by atoms with Crippen molar-refractivity contribution in [1.82, 2.24) is 4.90 Å². The number of carbonyl (C=O) groups excluding carboxylic acids is 1. The molecule has 2 rings (SSSR count). The quantitative estimate of drug-likeness (QED) is 0.906. The number of nitrogens with zero attached hydrogens (tertiary/aromatic N) is 1. The number of piperidine rings is 1. The van der Waals surface area contributed by atoms with Crippen LogP contribution < -0.4 is 10.1 Å². The van der Waals surface area contributed by atoms with Crippen molar-refractivity contribution in [2.45, 2.75) is 26.2 Å². The molecule has 1 aliphatic rings. The molecule has 1 aromatic carbocycles. The second-order valence-corrected chi connectivity index (χ2v) is 6.02. The minimum atomic E-state index is 0.218. The van der Waals surface area contributed by atoms with Crippen molar-refractivity contribution in [3.05, 3.63) is 23.2 Å². The lowest BCUT2D eigenvalue weighted by molar-refractivity contribution is -0.132. The standard InChI is InChI=1S/C16H23ClN2O2/c1-12-6-9-19(10-7-12)16(20)5-8-18-14-11-13(17)3-4-15(14)21-2/h3-4,11-12,18H,5-10H2,1-2H3. The van der Waals surface area contributed by atoms with Crippen LogP contribution in [0.5, 0.6) is 5.75 Å². The van der Waals surface area contributed by atoms with Gasteiger partial charge >= 0.3 is 0 Å². The number of halogens is 1. The molecule has 4 nitrogen and oxygen atoms in total. The van der Waals surface area contributed by atoms with Crippen molar-refractivity contribution < 1.29 is 9.53 Å². The van der Waals surface area contributed by atoms with Gasteiger partial charge in [0.05, 0.1) is 12.8 Å². The van der Waals surface area contributed by atoms with E-state index in [-0.39, 0.29) is 5.91 Å². The van der Waals surface area contributed by atoms with Crippen LogP contribution in [0, 0.1) is 5.92 Å². The molecule has 0 radical (unpaired) electrons. The number of amides is 1. The van der Waals surface area contributed by atoms with Gasteiger partial charge in [0, 0.05) is 31.1 Å². The number of ether oxygens (including phenoxy) is 1. The maximum Gasteiger partial charge on any atom is 0.224 e. The largest absolute Gasteiger partial charge is 0.495 e. The molecule has 0 saturated carbocycles. The van der Waals surface area contributed by atoms with Gasteiger partial charge in [-0.2, -0.15) is 0 Å². The second kappa shape index (κ2) is 7.55. The van der Waals surface area contributed by atoms with Gasteiger partial charge in [-0.1, -0.05) is 18.5 Å². The van der Waals surface area contributed by atoms with Gasteiger partial charge in [0.25, 0.3) is 0 Å². The molecule has 1 amide bonds. The summed E-state index contributed by atoms with van der Waals surface area (Å²) in [6.07, 6.45) is 2.71. The Bertz CT molecular complexity index is 485. The lowest BCUT2D eigenvalue weighted by atomic mass is 9.99. The molecule has 21 heavy (non-hydrogen) atoms. The number of hydrogen-bond donors (Lipinski definition) is 1. The SMILES string of the molecule is COc1ccc(Cl)cc1NCCC(=O)N1CCC(C)CC1. The summed E-state index contributed by atoms with van der Waals surface area (Å²) in [6.45, 7) is 4.61. The Kier molecular flexibility index (Phi) is 5.74. The van der Waals surface area contributed by atoms with E-state index in [1.165, 1.54) is 0 Å². The molecule has 0 bridgehead atoms. The van der Waals surface area contributed by atoms with Gasteiger partial charge in [-0.15, -0.1) is 0 Å². The first kappa shape index (κ1) is 16.0. The predicted molar refractivity (Wildman–Crippen MR) is 86.1 cm³/mol. The van der Waals surface area contributed by atoms with Gasteiger partial charge < -0.3 is 15.0 Å². The minimum absolute atomic E-state index is 0.218. The summed E-state index contributed by atoms with van der Waals surface area (Å²) >= 11 is 5.98. The summed E-state index contributed by atoms with van der Waals surface area (Å²) in [4.78, 5) is 14.1. The molecular formula is C16H23ClN2O2. The smallest absolute Gasteiger partial charge is 0.224 e. The minimum Gasteiger partial charge on any atom is -0.495 e. The van der Waals surface area contributed by atoms with E-state index in [0.717, 1.165) is 43.3 Å². The first-order chi connectivity index (χ1) is 10.1. The first-order valence-electron chi connectivity index (χ1n) is 7.45. The average Bonchev–Trinajstić information content (AvgIpc) is 2.48. The third-order valence-electron chi connectivity index (χ3n) is 3.95. The number of benzene rings is 1. The first-order valence-corrected chi connectivity index (χ1v) is 7.83. The highest BCUT2D eigenvalue weighted by Gasteiger charge is 2.19. The zero-order valence-corrected chi connectivity index (χ0v) is 13.4. The topological polar surface area (TPSA) is 41.6 Å². The van der Waals surface area contributed by atoms with Gasteiger partial charge in [-0.25, -0.2) is 0 Å². The van der Waals surface area contributed by atoms with Gasteiger partial charge in [0.1, 0.15) is 5.75 Å². The fourth-order valence-electron chi connectivity index (χ4n) is 2.54. The van der Waals surface area contributed by atoms with E-state index in [1.807, 2.05) is 17.0 Å². The van der Waals surface area contributed by atoms with Crippen LogP contribution in [0.15, 0.2) is 18.2 Å². The van der Waals surface area contributed by atoms with E-state index < -0.39 is 0 Å². The zero-order chi connectivity index (χ0) is 15.2. The van der Waals surface area contributed by atoms with Crippen LogP contribution in [-0.2, 0) is 4.79 Å². The number of nitrogens with one attached hydrogen (secondary N) is 1. The molecule has 0 aliphatic carbocycles. The number of hydrogen-bond acceptors (Lipinski definition) is 3. The van der Waals surface area contributed by atoms with Crippen LogP contribution in [0.2, 0.25) is 5.02 Å². The summed E-state index contributed by atoms with van der Waals surface area (Å²) < 4.78 is 5.27. The van der Waals surface area contributed by atoms with Gasteiger partial charge in [0.15, 0.2) is 0 Å². The normalized spacial score (nSPS) is 15.9. The van der Waals surface area contributed by atoms with Crippen molar-refractivity contribution >= 4 is 23.2 Å². The van der Waals surface area contributed by atoms with Gasteiger partial charge in [-0.3, -0.25) is 4.79 Å². The van der Waals surface area contributed by atoms with Gasteiger partial charge in [0.2, 0.25) is 5.91 Å². The molecule has 1 heterocycles. The Morgan fingerprint density at radius 1 is 1.43 bits per heavy atom. The summed E-state index contributed by atoms with van der Waals surface area (Å²) in [6, 6.07) is 5.41. The van der Waals surface area contributed by atoms with E-state index in [0.29, 0.717) is 18.0 Å². The van der Waals surface area contributed by atoms with Gasteiger partial charge in [-0.05, 0) is 37.0 Å². The van der Waals surface area contributed by atoms with Crippen LogP contribution in [-0.4, -0.2) is 37.6 Å². The molecule has 1 aliphatic heterocycles. The van der Waals surface area contributed by atoms with Crippen molar-refractivity contribution in [2.75, 3.05) is 32.1 Å². The summed E-state index contributed by atoms with van der Waals surface area (Å²) in [5.74, 6) is 1.69. The molecule has 116 valence electrons. The molecule has 1 saturated heterocycles. The maximum atomic E-state index is 12.1. The Balaban J connectivity index is 1.81. The fraction of sp³-hybridized carbons (Fsp3) is 0.562. The molecule has 1 fully saturated rings. The Labute approximate surface area is 131 Å². The maximum absolute atomic E-state index is 12.1. The van der Waals surface area contributed by atoms with E-state index in [4.69, 9.17) is 16.3 Å². The molecule has 0 unspecified atom stereocenters. The highest BCUT2D eigenvalue weighted by atomic mass is 35.5. The van der Waals surface area contributed by atoms with E-state index >= 15 is 0 Å². The molecule has 5 heteroatoms. The fourth-order valence-corrected chi connectivity index (χ4v) is 2.71. The summed E-state index contributed by atoms with van der Waals surface area (Å²) in [5, 5.41) is 3.87. The third-order valence-corrected chi connectivity index (χ3v) is 4.19. The zero-order valence-electron chi connectivity index (χ0n) is 12.7. The van der Waals surface area contributed by atoms with Crippen LogP contribution in [0.25, 0.3) is 0 Å². The van der Waals surface area contributed by atoms with E-state index in [2.05, 4.69) is 12.2 Å². The molecule has 0 aromatic heterocycles. The van der Waals surface area contributed by atoms with E-state index in [9.17, 15) is 4.79 Å². The molecule has 1 aromatic rings. The van der Waals surface area contributed by atoms with Crippen molar-refractivity contribution in [2.24, 2.45) is 5.92 Å². The lowest BCUT2D eigenvalue weighted by Gasteiger charge is -2.30. The molecular weight excluding hydrogens is 288 g/mol. The predicted octanol–water partition coefficient (Wildman–Crippen LogP) is 3.41. The Morgan fingerprint density at radius 2 is 2.14 bits per heavy atom. The number of rotatable bonds is 5. The lowest BCUT2D eigenvalue weighted by Crippen LogP contribution is -2.38. The molecule has 1 N–H and O–H groups in total. The van der Waals surface area contributed by atoms with Crippen LogP contribution >= 0.6 is 11.6 Å². The van der Waals surface area contributed by atoms with Crippen LogP contribution in [0.1, 0.15) is 26.2 Å². The van der Waals surface area contributed by atoms with Crippen LogP contribution in [0.3, 0.4) is 0 Å². The number of anilines is 1. The van der Waals surface area contributed by atoms with Crippen molar-refractivity contribution in [3.63, 3.8) is 0 Å². The number of carbonyl (C=O) groups is 1. The Hall–Kier alpha value is -1.42. The average molecular weight is 311 g/mol. The van der Waals surface area contributed by atoms with Crippen molar-refractivity contribution in [3.8, 4) is 5.75 Å². The molecule has 0 spiro atoms. The summed E-state index contributed by atoms with van der Waals surface area (Å²) in [5.41, 5.74) is 0.824. The molecule has 0 atom stereocenters. The summed E-state index contributed by atoms with van der Waals surface area (Å²) in [7, 11) is 1.62.